The van der Waals surface area contributed by atoms with E-state index in [1.54, 1.807) is 0 Å². The van der Waals surface area contributed by atoms with Crippen molar-refractivity contribution in [2.75, 3.05) is 5.75 Å². The van der Waals surface area contributed by atoms with Crippen molar-refractivity contribution < 1.29 is 34.8 Å². The lowest BCUT2D eigenvalue weighted by atomic mass is 10.2. The van der Waals surface area contributed by atoms with Gasteiger partial charge in [-0.15, -0.1) is 15.3 Å². The Morgan fingerprint density at radius 3 is 2.38 bits per heavy atom. The summed E-state index contributed by atoms with van der Waals surface area (Å²) in [7, 11) is -2.69. The van der Waals surface area contributed by atoms with Crippen LogP contribution in [0.5, 0.6) is 0 Å². The van der Waals surface area contributed by atoms with E-state index in [0.29, 0.717) is 6.07 Å². The predicted molar refractivity (Wildman–Crippen MR) is 112 cm³/mol. The van der Waals surface area contributed by atoms with Crippen LogP contribution in [0.25, 0.3) is 34.1 Å². The normalized spacial score (nSPS) is 15.9. The van der Waals surface area contributed by atoms with Crippen molar-refractivity contribution in [3.8, 4) is 22.9 Å². The Kier molecular flexibility index (Phi) is 5.33. The first-order chi connectivity index (χ1) is 17.2. The highest BCUT2D eigenvalue weighted by molar-refractivity contribution is 7.91. The minimum atomic E-state index is -5.92. The third kappa shape index (κ3) is 3.89. The number of aryl methyl sites for hydroxylation is 1. The smallest absolute Gasteiger partial charge is 0.309 e. The Balaban J connectivity index is 1.68. The lowest BCUT2D eigenvalue weighted by Crippen LogP contribution is -2.34. The van der Waals surface area contributed by atoms with E-state index >= 15 is 0 Å². The van der Waals surface area contributed by atoms with Crippen molar-refractivity contribution in [2.45, 2.75) is 42.6 Å². The highest BCUT2D eigenvalue weighted by atomic mass is 32.2. The SMILES string of the molecule is CCS(=O)(=O)c1cc(-c2nnnn2C2(F)CC2)cnc1-c1nc2cc(C(F)(F)C(F)(F)F)nnc2n1C. The van der Waals surface area contributed by atoms with Crippen LogP contribution in [-0.4, -0.2) is 65.3 Å². The number of hydrogen-bond acceptors (Lipinski definition) is 9. The third-order valence-electron chi connectivity index (χ3n) is 5.84. The Bertz CT molecular complexity index is 1640. The standard InChI is InChI=1S/C19H15F6N9O2S/c1-3-37(35,36)11-6-9(14-30-31-32-34(14)17(20)4-5-17)8-26-13(11)16-27-10-7-12(18(21,22)19(23,24)25)28-29-15(10)33(16)2/h6-8H,3-5H2,1-2H3. The summed E-state index contributed by atoms with van der Waals surface area (Å²) in [4.78, 5) is 7.83. The molecule has 1 fully saturated rings. The van der Waals surface area contributed by atoms with Crippen molar-refractivity contribution in [1.29, 1.82) is 0 Å². The van der Waals surface area contributed by atoms with Gasteiger partial charge in [0.1, 0.15) is 16.9 Å². The van der Waals surface area contributed by atoms with Gasteiger partial charge in [0.25, 0.3) is 0 Å². The molecule has 4 aromatic heterocycles. The zero-order chi connectivity index (χ0) is 27.0. The molecule has 0 amide bonds. The van der Waals surface area contributed by atoms with Crippen LogP contribution in [0.1, 0.15) is 25.5 Å². The summed E-state index contributed by atoms with van der Waals surface area (Å²) in [5.74, 6) is -7.73. The summed E-state index contributed by atoms with van der Waals surface area (Å²) in [6, 6.07) is 1.59. The third-order valence-corrected chi connectivity index (χ3v) is 7.59. The summed E-state index contributed by atoms with van der Waals surface area (Å²) >= 11 is 0. The second-order valence-electron chi connectivity index (χ2n) is 8.31. The molecule has 0 radical (unpaired) electrons. The van der Waals surface area contributed by atoms with E-state index in [2.05, 4.69) is 35.7 Å². The Labute approximate surface area is 203 Å². The van der Waals surface area contributed by atoms with Gasteiger partial charge in [0.15, 0.2) is 27.1 Å². The molecule has 0 aliphatic heterocycles. The molecule has 0 saturated heterocycles. The number of imidazole rings is 1. The molecule has 0 spiro atoms. The van der Waals surface area contributed by atoms with Gasteiger partial charge in [-0.2, -0.15) is 26.6 Å². The molecule has 1 saturated carbocycles. The first-order valence-electron chi connectivity index (χ1n) is 10.6. The summed E-state index contributed by atoms with van der Waals surface area (Å²) in [6.45, 7) is 1.36. The van der Waals surface area contributed by atoms with E-state index in [0.717, 1.165) is 9.25 Å². The topological polar surface area (TPSA) is 134 Å². The summed E-state index contributed by atoms with van der Waals surface area (Å²) < 4.78 is 109. The zero-order valence-corrected chi connectivity index (χ0v) is 19.7. The maximum Gasteiger partial charge on any atom is 0.459 e. The summed E-state index contributed by atoms with van der Waals surface area (Å²) in [5, 5.41) is 17.3. The Morgan fingerprint density at radius 1 is 1.05 bits per heavy atom. The van der Waals surface area contributed by atoms with Gasteiger partial charge in [0.2, 0.25) is 5.79 Å². The molecule has 1 aliphatic rings. The van der Waals surface area contributed by atoms with E-state index in [1.165, 1.54) is 26.2 Å². The van der Waals surface area contributed by atoms with Gasteiger partial charge in [-0.05, 0) is 22.6 Å². The van der Waals surface area contributed by atoms with Crippen molar-refractivity contribution in [3.05, 3.63) is 24.0 Å². The van der Waals surface area contributed by atoms with Gasteiger partial charge < -0.3 is 4.57 Å². The number of hydrogen-bond donors (Lipinski definition) is 0. The minimum Gasteiger partial charge on any atom is -0.309 e. The second-order valence-corrected chi connectivity index (χ2v) is 10.6. The van der Waals surface area contributed by atoms with E-state index in [4.69, 9.17) is 0 Å². The monoisotopic (exact) mass is 547 g/mol. The summed E-state index contributed by atoms with van der Waals surface area (Å²) in [5.41, 5.74) is -2.42. The number of pyridine rings is 1. The van der Waals surface area contributed by atoms with E-state index in [1.807, 2.05) is 0 Å². The Hall–Kier alpha value is -3.70. The van der Waals surface area contributed by atoms with Crippen LogP contribution in [0.2, 0.25) is 0 Å². The zero-order valence-electron chi connectivity index (χ0n) is 18.9. The first-order valence-corrected chi connectivity index (χ1v) is 12.2. The van der Waals surface area contributed by atoms with Crippen LogP contribution in [0, 0.1) is 0 Å². The van der Waals surface area contributed by atoms with Crippen LogP contribution >= 0.6 is 0 Å². The number of tetrazole rings is 1. The molecule has 0 atom stereocenters. The maximum atomic E-state index is 14.6. The van der Waals surface area contributed by atoms with Gasteiger partial charge in [-0.1, -0.05) is 6.92 Å². The molecule has 0 aromatic carbocycles. The quantitative estimate of drug-likeness (QED) is 0.334. The molecule has 0 unspecified atom stereocenters. The van der Waals surface area contributed by atoms with Crippen LogP contribution < -0.4 is 0 Å². The highest BCUT2D eigenvalue weighted by Crippen LogP contribution is 2.46. The molecule has 196 valence electrons. The number of fused-ring (bicyclic) bond motifs is 1. The first kappa shape index (κ1) is 25.0. The molecule has 37 heavy (non-hydrogen) atoms. The van der Waals surface area contributed by atoms with E-state index in [9.17, 15) is 34.8 Å². The largest absolute Gasteiger partial charge is 0.459 e. The molecule has 4 heterocycles. The average Bonchev–Trinajstić information content (AvgIpc) is 3.26. The Morgan fingerprint density at radius 2 is 1.76 bits per heavy atom. The number of alkyl halides is 6. The molecule has 18 heteroatoms. The van der Waals surface area contributed by atoms with Crippen LogP contribution in [-0.2, 0) is 28.6 Å². The average molecular weight is 547 g/mol. The van der Waals surface area contributed by atoms with Gasteiger partial charge >= 0.3 is 12.1 Å². The maximum absolute atomic E-state index is 14.6. The highest BCUT2D eigenvalue weighted by Gasteiger charge is 2.60. The molecule has 1 aliphatic carbocycles. The van der Waals surface area contributed by atoms with E-state index < -0.39 is 38.9 Å². The molecule has 5 rings (SSSR count). The molecule has 4 aromatic rings. The fourth-order valence-corrected chi connectivity index (χ4v) is 4.63. The second kappa shape index (κ2) is 7.90. The van der Waals surface area contributed by atoms with Crippen molar-refractivity contribution in [1.82, 2.24) is 44.9 Å². The fraction of sp³-hybridized carbons (Fsp3) is 0.421. The van der Waals surface area contributed by atoms with Crippen molar-refractivity contribution in [2.24, 2.45) is 7.05 Å². The molecule has 0 bridgehead atoms. The number of rotatable bonds is 6. The van der Waals surface area contributed by atoms with Gasteiger partial charge in [0, 0.05) is 31.6 Å². The lowest BCUT2D eigenvalue weighted by molar-refractivity contribution is -0.291. The van der Waals surface area contributed by atoms with Crippen molar-refractivity contribution >= 4 is 21.0 Å². The number of nitrogens with zero attached hydrogens (tertiary/aromatic N) is 9. The fourth-order valence-electron chi connectivity index (χ4n) is 3.58. The summed E-state index contributed by atoms with van der Waals surface area (Å²) in [6.07, 6.45) is -4.40. The number of aromatic nitrogens is 9. The van der Waals surface area contributed by atoms with Gasteiger partial charge in [-0.3, -0.25) is 4.98 Å². The van der Waals surface area contributed by atoms with Crippen LogP contribution in [0.15, 0.2) is 23.2 Å². The minimum absolute atomic E-state index is 0.0681. The van der Waals surface area contributed by atoms with Gasteiger partial charge in [-0.25, -0.2) is 17.8 Å². The lowest BCUT2D eigenvalue weighted by Gasteiger charge is -2.17. The van der Waals surface area contributed by atoms with Crippen molar-refractivity contribution in [3.63, 3.8) is 0 Å². The molecular formula is C19H15F6N9O2S. The van der Waals surface area contributed by atoms with Gasteiger partial charge in [0.05, 0.1) is 10.6 Å². The van der Waals surface area contributed by atoms with E-state index in [-0.39, 0.29) is 52.0 Å². The molecular weight excluding hydrogens is 532 g/mol. The predicted octanol–water partition coefficient (Wildman–Crippen LogP) is 2.94. The van der Waals surface area contributed by atoms with Crippen LogP contribution in [0.3, 0.4) is 0 Å². The number of sulfone groups is 1. The van der Waals surface area contributed by atoms with Crippen LogP contribution in [0.4, 0.5) is 26.3 Å². The molecule has 0 N–H and O–H groups in total. The molecule has 11 nitrogen and oxygen atoms in total. The number of halogens is 6.